The molecule has 2 heterocycles. The smallest absolute Gasteiger partial charge is 0.260 e. The number of amides is 1. The zero-order valence-corrected chi connectivity index (χ0v) is 18.7. The summed E-state index contributed by atoms with van der Waals surface area (Å²) in [6.45, 7) is 0.344. The number of nitrogens with zero attached hydrogens (tertiary/aromatic N) is 3. The summed E-state index contributed by atoms with van der Waals surface area (Å²) in [5, 5.41) is 1.13. The van der Waals surface area contributed by atoms with Gasteiger partial charge in [-0.3, -0.25) is 14.7 Å². The maximum Gasteiger partial charge on any atom is 0.260 e. The number of fused-ring (bicyclic) bond motifs is 1. The predicted octanol–water partition coefficient (Wildman–Crippen LogP) is 5.92. The van der Waals surface area contributed by atoms with Crippen molar-refractivity contribution in [2.45, 2.75) is 11.4 Å². The Balaban J connectivity index is 1.79. The Morgan fingerprint density at radius 1 is 1.20 bits per heavy atom. The van der Waals surface area contributed by atoms with Crippen molar-refractivity contribution in [2.75, 3.05) is 18.3 Å². The van der Waals surface area contributed by atoms with E-state index in [1.807, 2.05) is 42.7 Å². The first kappa shape index (κ1) is 20.7. The quantitative estimate of drug-likeness (QED) is 0.337. The summed E-state index contributed by atoms with van der Waals surface area (Å²) in [5.41, 5.74) is 2.14. The van der Waals surface area contributed by atoms with Gasteiger partial charge in [-0.15, -0.1) is 11.8 Å². The highest BCUT2D eigenvalue weighted by Crippen LogP contribution is 2.39. The van der Waals surface area contributed by atoms with Gasteiger partial charge in [-0.1, -0.05) is 29.0 Å². The molecule has 0 N–H and O–H groups in total. The van der Waals surface area contributed by atoms with Crippen molar-refractivity contribution in [3.8, 4) is 5.75 Å². The lowest BCUT2D eigenvalue weighted by atomic mass is 10.2. The van der Waals surface area contributed by atoms with Gasteiger partial charge in [0.1, 0.15) is 11.3 Å². The third-order valence-electron chi connectivity index (χ3n) is 4.54. The fourth-order valence-electron chi connectivity index (χ4n) is 3.01. The number of thiazole rings is 1. The van der Waals surface area contributed by atoms with E-state index < -0.39 is 0 Å². The number of aromatic nitrogens is 2. The highest BCUT2D eigenvalue weighted by atomic mass is 35.5. The first-order chi connectivity index (χ1) is 14.6. The molecule has 0 spiro atoms. The van der Waals surface area contributed by atoms with E-state index >= 15 is 0 Å². The Kier molecular flexibility index (Phi) is 6.22. The molecule has 0 aliphatic rings. The Bertz CT molecular complexity index is 1180. The number of hydrogen-bond acceptors (Lipinski definition) is 6. The first-order valence-corrected chi connectivity index (χ1v) is 11.5. The molecule has 0 atom stereocenters. The van der Waals surface area contributed by atoms with Gasteiger partial charge in [0.05, 0.1) is 23.4 Å². The van der Waals surface area contributed by atoms with Crippen molar-refractivity contribution in [3.05, 3.63) is 77.1 Å². The van der Waals surface area contributed by atoms with Crippen LogP contribution in [-0.2, 0) is 6.54 Å². The third-order valence-corrected chi connectivity index (χ3v) is 6.83. The fraction of sp³-hybridized carbons (Fsp3) is 0.136. The van der Waals surface area contributed by atoms with E-state index in [1.165, 1.54) is 11.3 Å². The minimum absolute atomic E-state index is 0.138. The molecule has 0 unspecified atom stereocenters. The molecular weight excluding hydrogens is 438 g/mol. The van der Waals surface area contributed by atoms with Crippen LogP contribution in [0, 0.1) is 0 Å². The van der Waals surface area contributed by atoms with E-state index in [0.717, 1.165) is 15.2 Å². The van der Waals surface area contributed by atoms with Crippen LogP contribution < -0.4 is 9.64 Å². The number of hydrogen-bond donors (Lipinski definition) is 0. The van der Waals surface area contributed by atoms with Crippen LogP contribution in [0.4, 0.5) is 5.13 Å². The molecule has 0 radical (unpaired) electrons. The lowest BCUT2D eigenvalue weighted by Gasteiger charge is -2.20. The van der Waals surface area contributed by atoms with Gasteiger partial charge in [0.25, 0.3) is 5.91 Å². The van der Waals surface area contributed by atoms with E-state index in [2.05, 4.69) is 4.98 Å². The lowest BCUT2D eigenvalue weighted by Crippen LogP contribution is -2.30. The second kappa shape index (κ2) is 9.04. The molecule has 4 rings (SSSR count). The van der Waals surface area contributed by atoms with Crippen molar-refractivity contribution >= 4 is 56.0 Å². The van der Waals surface area contributed by atoms with Crippen molar-refractivity contribution in [2.24, 2.45) is 0 Å². The average molecular weight is 456 g/mol. The molecule has 0 saturated heterocycles. The number of pyridine rings is 1. The van der Waals surface area contributed by atoms with Crippen LogP contribution in [0.15, 0.2) is 65.8 Å². The molecule has 8 heteroatoms. The summed E-state index contributed by atoms with van der Waals surface area (Å²) in [6.07, 6.45) is 5.46. The fourth-order valence-corrected chi connectivity index (χ4v) is 4.67. The molecule has 2 aromatic heterocycles. The largest absolute Gasteiger partial charge is 0.494 e. The van der Waals surface area contributed by atoms with Crippen LogP contribution in [0.2, 0.25) is 5.02 Å². The zero-order chi connectivity index (χ0) is 21.1. The van der Waals surface area contributed by atoms with Gasteiger partial charge in [-0.25, -0.2) is 4.98 Å². The van der Waals surface area contributed by atoms with Gasteiger partial charge < -0.3 is 4.74 Å². The predicted molar refractivity (Wildman–Crippen MR) is 124 cm³/mol. The van der Waals surface area contributed by atoms with Crippen LogP contribution in [0.5, 0.6) is 5.75 Å². The van der Waals surface area contributed by atoms with Crippen molar-refractivity contribution < 1.29 is 9.53 Å². The molecule has 2 aromatic carbocycles. The monoisotopic (exact) mass is 455 g/mol. The Morgan fingerprint density at radius 3 is 2.67 bits per heavy atom. The van der Waals surface area contributed by atoms with Gasteiger partial charge in [-0.2, -0.15) is 0 Å². The number of rotatable bonds is 6. The van der Waals surface area contributed by atoms with Gasteiger partial charge in [-0.05, 0) is 54.3 Å². The van der Waals surface area contributed by atoms with Gasteiger partial charge >= 0.3 is 0 Å². The number of benzene rings is 2. The van der Waals surface area contributed by atoms with Crippen LogP contribution in [0.25, 0.3) is 10.2 Å². The van der Waals surface area contributed by atoms with Crippen molar-refractivity contribution in [3.63, 3.8) is 0 Å². The Hall–Kier alpha value is -2.61. The number of halogens is 1. The maximum atomic E-state index is 13.5. The number of carbonyl (C=O) groups is 1. The molecule has 1 amide bonds. The summed E-state index contributed by atoms with van der Waals surface area (Å²) in [7, 11) is 1.59. The molecule has 152 valence electrons. The minimum Gasteiger partial charge on any atom is -0.494 e. The third kappa shape index (κ3) is 4.14. The standard InChI is InChI=1S/C22H18ClN3O2S2/c1-28-18-10-9-17(23)20-19(18)25-22(30-20)26(13-14-4-3-11-24-12-14)21(27)15-5-7-16(29-2)8-6-15/h3-12H,13H2,1-2H3. The average Bonchev–Trinajstić information content (AvgIpc) is 3.24. The van der Waals surface area contributed by atoms with Crippen LogP contribution in [0.1, 0.15) is 15.9 Å². The second-order valence-corrected chi connectivity index (χ2v) is 8.67. The zero-order valence-electron chi connectivity index (χ0n) is 16.3. The van der Waals surface area contributed by atoms with E-state index in [1.54, 1.807) is 48.3 Å². The molecule has 4 aromatic rings. The molecule has 0 fully saturated rings. The Morgan fingerprint density at radius 2 is 2.00 bits per heavy atom. The van der Waals surface area contributed by atoms with Crippen LogP contribution >= 0.6 is 34.7 Å². The van der Waals surface area contributed by atoms with Crippen molar-refractivity contribution in [1.29, 1.82) is 0 Å². The van der Waals surface area contributed by atoms with E-state index in [-0.39, 0.29) is 5.91 Å². The number of anilines is 1. The normalized spacial score (nSPS) is 10.9. The summed E-state index contributed by atoms with van der Waals surface area (Å²) in [5.74, 6) is 0.482. The molecule has 30 heavy (non-hydrogen) atoms. The highest BCUT2D eigenvalue weighted by molar-refractivity contribution is 7.98. The summed E-state index contributed by atoms with van der Waals surface area (Å²) in [6, 6.07) is 14.9. The first-order valence-electron chi connectivity index (χ1n) is 9.08. The summed E-state index contributed by atoms with van der Waals surface area (Å²) < 4.78 is 6.22. The minimum atomic E-state index is -0.138. The number of carbonyl (C=O) groups excluding carboxylic acids is 1. The SMILES string of the molecule is COc1ccc(Cl)c2sc(N(Cc3cccnc3)C(=O)c3ccc(SC)cc3)nc12. The molecule has 0 aliphatic carbocycles. The topological polar surface area (TPSA) is 55.3 Å². The molecule has 0 saturated carbocycles. The number of ether oxygens (including phenoxy) is 1. The second-order valence-electron chi connectivity index (χ2n) is 6.40. The van der Waals surface area contributed by atoms with E-state index in [9.17, 15) is 4.79 Å². The Labute approximate surface area is 187 Å². The van der Waals surface area contributed by atoms with Crippen LogP contribution in [0.3, 0.4) is 0 Å². The van der Waals surface area contributed by atoms with Gasteiger partial charge in [0.15, 0.2) is 5.13 Å². The summed E-state index contributed by atoms with van der Waals surface area (Å²) >= 11 is 9.40. The van der Waals surface area contributed by atoms with Crippen molar-refractivity contribution in [1.82, 2.24) is 9.97 Å². The summed E-state index contributed by atoms with van der Waals surface area (Å²) in [4.78, 5) is 25.1. The van der Waals surface area contributed by atoms with Crippen LogP contribution in [-0.4, -0.2) is 29.2 Å². The molecular formula is C22H18ClN3O2S2. The van der Waals surface area contributed by atoms with E-state index in [4.69, 9.17) is 21.3 Å². The molecule has 0 aliphatic heterocycles. The molecule has 5 nitrogen and oxygen atoms in total. The number of thioether (sulfide) groups is 1. The van der Waals surface area contributed by atoms with E-state index in [0.29, 0.717) is 33.5 Å². The van der Waals surface area contributed by atoms with Gasteiger partial charge in [0, 0.05) is 22.9 Å². The highest BCUT2D eigenvalue weighted by Gasteiger charge is 2.23. The molecule has 0 bridgehead atoms. The number of methoxy groups -OCH3 is 1. The maximum absolute atomic E-state index is 13.5. The lowest BCUT2D eigenvalue weighted by molar-refractivity contribution is 0.0985. The van der Waals surface area contributed by atoms with Gasteiger partial charge in [0.2, 0.25) is 0 Å².